The van der Waals surface area contributed by atoms with Crippen LogP contribution in [-0.4, -0.2) is 37.7 Å². The van der Waals surface area contributed by atoms with E-state index in [0.717, 1.165) is 17.7 Å². The number of hydrogen-bond acceptors (Lipinski definition) is 7. The van der Waals surface area contributed by atoms with Gasteiger partial charge in [-0.25, -0.2) is 0 Å². The minimum Gasteiger partial charge on any atom is -0.499 e. The number of hydrogen-bond donors (Lipinski definition) is 3. The summed E-state index contributed by atoms with van der Waals surface area (Å²) in [6.07, 6.45) is -1.48. The number of nitro benzene ring substituents is 1. The number of aryl methyl sites for hydroxylation is 1. The summed E-state index contributed by atoms with van der Waals surface area (Å²) in [6, 6.07) is 8.19. The van der Waals surface area contributed by atoms with Gasteiger partial charge in [0.05, 0.1) is 17.5 Å². The van der Waals surface area contributed by atoms with Gasteiger partial charge in [0.25, 0.3) is 0 Å². The Kier molecular flexibility index (Phi) is 6.30. The Hall–Kier alpha value is -3.07. The summed E-state index contributed by atoms with van der Waals surface area (Å²) in [5, 5.41) is 21.1. The summed E-state index contributed by atoms with van der Waals surface area (Å²) in [5.74, 6) is -3.36. The van der Waals surface area contributed by atoms with E-state index in [4.69, 9.17) is 14.5 Å². The smallest absolute Gasteiger partial charge is 0.326 e. The topological polar surface area (TPSA) is 164 Å². The maximum Gasteiger partial charge on any atom is 0.326 e. The zero-order valence-electron chi connectivity index (χ0n) is 14.6. The van der Waals surface area contributed by atoms with Crippen LogP contribution in [0, 0.1) is 17.0 Å². The van der Waals surface area contributed by atoms with Crippen LogP contribution in [-0.2, 0) is 9.36 Å². The van der Waals surface area contributed by atoms with Crippen LogP contribution in [0.3, 0.4) is 0 Å². The number of benzene rings is 2. The number of carbonyl (C=O) groups is 2. The summed E-state index contributed by atoms with van der Waals surface area (Å²) in [7, 11) is -4.46. The van der Waals surface area contributed by atoms with Crippen molar-refractivity contribution in [1.29, 1.82) is 0 Å². The van der Waals surface area contributed by atoms with Gasteiger partial charge in [0.2, 0.25) is 5.75 Å². The molecular weight excluding hydrogens is 393 g/mol. The molecule has 0 aliphatic heterocycles. The van der Waals surface area contributed by atoms with Gasteiger partial charge < -0.3 is 19.6 Å². The standard InChI is InChI=1S/C17H16NO9P/c1-10-2-4-11(5-3-10)16(20)12-8-13(18(22)23)17(21)14(9-12)27-15(19)6-7-28(24,25)26/h2-5,8-9,21H,6-7H2,1H3,(H2,24,25,26). The van der Waals surface area contributed by atoms with Crippen LogP contribution in [0.4, 0.5) is 5.69 Å². The number of aromatic hydroxyl groups is 1. The highest BCUT2D eigenvalue weighted by molar-refractivity contribution is 7.51. The molecule has 3 N–H and O–H groups in total. The molecule has 0 unspecified atom stereocenters. The molecule has 148 valence electrons. The molecule has 2 aromatic rings. The van der Waals surface area contributed by atoms with Crippen LogP contribution >= 0.6 is 7.60 Å². The van der Waals surface area contributed by atoms with Gasteiger partial charge in [-0.2, -0.15) is 0 Å². The number of ether oxygens (including phenoxy) is 1. The van der Waals surface area contributed by atoms with E-state index in [-0.39, 0.29) is 11.1 Å². The Bertz CT molecular complexity index is 979. The third kappa shape index (κ3) is 5.46. The lowest BCUT2D eigenvalue weighted by atomic mass is 10.0. The van der Waals surface area contributed by atoms with Crippen molar-refractivity contribution in [2.75, 3.05) is 6.16 Å². The number of rotatable bonds is 7. The molecule has 0 aliphatic rings. The summed E-state index contributed by atoms with van der Waals surface area (Å²) < 4.78 is 15.6. The van der Waals surface area contributed by atoms with Gasteiger partial charge in [0.15, 0.2) is 11.5 Å². The predicted octanol–water partition coefficient (Wildman–Crippen LogP) is 2.31. The Morgan fingerprint density at radius 3 is 2.29 bits per heavy atom. The van der Waals surface area contributed by atoms with Crippen LogP contribution in [0.1, 0.15) is 27.9 Å². The molecule has 10 nitrogen and oxygen atoms in total. The van der Waals surface area contributed by atoms with E-state index in [1.807, 2.05) is 6.92 Å². The van der Waals surface area contributed by atoms with E-state index in [2.05, 4.69) is 0 Å². The third-order valence-electron chi connectivity index (χ3n) is 3.66. The number of nitrogens with zero attached hydrogens (tertiary/aromatic N) is 1. The number of carbonyl (C=O) groups excluding carboxylic acids is 2. The molecule has 0 atom stereocenters. The van der Waals surface area contributed by atoms with Gasteiger partial charge in [-0.3, -0.25) is 24.3 Å². The van der Waals surface area contributed by atoms with Crippen molar-refractivity contribution in [3.05, 3.63) is 63.2 Å². The van der Waals surface area contributed by atoms with Gasteiger partial charge in [-0.15, -0.1) is 0 Å². The maximum atomic E-state index is 12.6. The first-order valence-electron chi connectivity index (χ1n) is 7.86. The van der Waals surface area contributed by atoms with Crippen LogP contribution in [0.25, 0.3) is 0 Å². The molecule has 0 saturated heterocycles. The minimum absolute atomic E-state index is 0.203. The van der Waals surface area contributed by atoms with Crippen molar-refractivity contribution in [2.45, 2.75) is 13.3 Å². The van der Waals surface area contributed by atoms with Crippen molar-refractivity contribution in [3.63, 3.8) is 0 Å². The first kappa shape index (κ1) is 21.2. The predicted molar refractivity (Wildman–Crippen MR) is 96.5 cm³/mol. The number of ketones is 1. The van der Waals surface area contributed by atoms with E-state index in [0.29, 0.717) is 0 Å². The molecule has 0 aliphatic carbocycles. The summed E-state index contributed by atoms with van der Waals surface area (Å²) in [5.41, 5.74) is 0.0687. The molecule has 0 amide bonds. The first-order chi connectivity index (χ1) is 13.0. The highest BCUT2D eigenvalue weighted by Gasteiger charge is 2.25. The molecule has 2 aromatic carbocycles. The monoisotopic (exact) mass is 409 g/mol. The Labute approximate surface area is 158 Å². The Morgan fingerprint density at radius 2 is 1.75 bits per heavy atom. The minimum atomic E-state index is -4.46. The normalized spacial score (nSPS) is 11.1. The number of esters is 1. The van der Waals surface area contributed by atoms with Crippen molar-refractivity contribution in [1.82, 2.24) is 0 Å². The maximum absolute atomic E-state index is 12.6. The van der Waals surface area contributed by atoms with Gasteiger partial charge in [-0.05, 0) is 13.0 Å². The molecule has 0 spiro atoms. The van der Waals surface area contributed by atoms with Crippen molar-refractivity contribution < 1.29 is 38.7 Å². The lowest BCUT2D eigenvalue weighted by Crippen LogP contribution is -2.11. The number of nitro groups is 1. The fraction of sp³-hybridized carbons (Fsp3) is 0.176. The van der Waals surface area contributed by atoms with E-state index in [1.165, 1.54) is 12.1 Å². The molecule has 0 heterocycles. The summed E-state index contributed by atoms with van der Waals surface area (Å²) in [4.78, 5) is 52.1. The Balaban J connectivity index is 2.38. The largest absolute Gasteiger partial charge is 0.499 e. The van der Waals surface area contributed by atoms with Gasteiger partial charge in [-0.1, -0.05) is 29.8 Å². The molecular formula is C17H16NO9P. The zero-order valence-corrected chi connectivity index (χ0v) is 15.5. The average molecular weight is 409 g/mol. The van der Waals surface area contributed by atoms with Crippen molar-refractivity contribution >= 4 is 25.0 Å². The fourth-order valence-corrected chi connectivity index (χ4v) is 2.70. The van der Waals surface area contributed by atoms with Crippen molar-refractivity contribution in [2.24, 2.45) is 0 Å². The molecule has 11 heteroatoms. The van der Waals surface area contributed by atoms with Crippen LogP contribution < -0.4 is 4.74 Å². The van der Waals surface area contributed by atoms with E-state index in [1.54, 1.807) is 12.1 Å². The molecule has 2 rings (SSSR count). The number of phenolic OH excluding ortho intramolecular Hbond substituents is 1. The second-order valence-corrected chi connectivity index (χ2v) is 7.68. The quantitative estimate of drug-likeness (QED) is 0.155. The second-order valence-electron chi connectivity index (χ2n) is 5.91. The second kappa shape index (κ2) is 8.30. The zero-order chi connectivity index (χ0) is 21.1. The van der Waals surface area contributed by atoms with Gasteiger partial charge in [0, 0.05) is 17.2 Å². The summed E-state index contributed by atoms with van der Waals surface area (Å²) in [6.45, 7) is 1.81. The van der Waals surface area contributed by atoms with Gasteiger partial charge in [0.1, 0.15) is 0 Å². The van der Waals surface area contributed by atoms with Gasteiger partial charge >= 0.3 is 19.3 Å². The van der Waals surface area contributed by atoms with E-state index in [9.17, 15) is 29.4 Å². The molecule has 0 radical (unpaired) electrons. The van der Waals surface area contributed by atoms with Crippen molar-refractivity contribution in [3.8, 4) is 11.5 Å². The highest BCUT2D eigenvalue weighted by Crippen LogP contribution is 2.39. The molecule has 28 heavy (non-hydrogen) atoms. The Morgan fingerprint density at radius 1 is 1.14 bits per heavy atom. The van der Waals surface area contributed by atoms with Crippen LogP contribution in [0.5, 0.6) is 11.5 Å². The SMILES string of the molecule is Cc1ccc(C(=O)c2cc(OC(=O)CCP(=O)(O)O)c(O)c([N+](=O)[O-])c2)cc1. The molecule has 0 aromatic heterocycles. The fourth-order valence-electron chi connectivity index (χ4n) is 2.22. The lowest BCUT2D eigenvalue weighted by Gasteiger charge is -2.10. The lowest BCUT2D eigenvalue weighted by molar-refractivity contribution is -0.386. The highest BCUT2D eigenvalue weighted by atomic mass is 31.2. The third-order valence-corrected chi connectivity index (χ3v) is 4.46. The van der Waals surface area contributed by atoms with Crippen LogP contribution in [0.15, 0.2) is 36.4 Å². The first-order valence-corrected chi connectivity index (χ1v) is 9.65. The van der Waals surface area contributed by atoms with Crippen LogP contribution in [0.2, 0.25) is 0 Å². The molecule has 0 bridgehead atoms. The van der Waals surface area contributed by atoms with E-state index >= 15 is 0 Å². The average Bonchev–Trinajstić information content (AvgIpc) is 2.61. The molecule has 0 saturated carbocycles. The number of phenols is 1. The molecule has 0 fully saturated rings. The summed E-state index contributed by atoms with van der Waals surface area (Å²) >= 11 is 0. The van der Waals surface area contributed by atoms with E-state index < -0.39 is 54.0 Å².